The van der Waals surface area contributed by atoms with Gasteiger partial charge in [0, 0.05) is 6.04 Å². The second-order valence-corrected chi connectivity index (χ2v) is 3.19. The minimum absolute atomic E-state index is 0.260. The lowest BCUT2D eigenvalue weighted by molar-refractivity contribution is 0.337. The van der Waals surface area contributed by atoms with Crippen LogP contribution in [0.1, 0.15) is 18.0 Å². The number of rotatable bonds is 2. The minimum atomic E-state index is 0.260. The summed E-state index contributed by atoms with van der Waals surface area (Å²) in [6.07, 6.45) is 1.06. The summed E-state index contributed by atoms with van der Waals surface area (Å²) in [5.74, 6) is 1.08. The number of phenolic OH excluding ortho intramolecular Hbond substituents is 1. The third kappa shape index (κ3) is 1.35. The lowest BCUT2D eigenvalue weighted by Crippen LogP contribution is -2.35. The van der Waals surface area contributed by atoms with E-state index < -0.39 is 0 Å². The molecule has 0 aromatic heterocycles. The molecule has 0 radical (unpaired) electrons. The summed E-state index contributed by atoms with van der Waals surface area (Å²) < 4.78 is 5.18. The highest BCUT2D eigenvalue weighted by Crippen LogP contribution is 2.37. The quantitative estimate of drug-likeness (QED) is 0.721. The SMILES string of the molecule is COc1cccc(O)c1[C@H]1CCN1. The molecular weight excluding hydrogens is 166 g/mol. The first-order valence-corrected chi connectivity index (χ1v) is 4.42. The molecular formula is C10H13NO2. The van der Waals surface area contributed by atoms with E-state index in [1.54, 1.807) is 19.2 Å². The monoisotopic (exact) mass is 179 g/mol. The highest BCUT2D eigenvalue weighted by Gasteiger charge is 2.24. The molecule has 0 bridgehead atoms. The molecule has 2 N–H and O–H groups in total. The zero-order chi connectivity index (χ0) is 9.26. The van der Waals surface area contributed by atoms with Crippen molar-refractivity contribution in [3.05, 3.63) is 23.8 Å². The van der Waals surface area contributed by atoms with E-state index >= 15 is 0 Å². The van der Waals surface area contributed by atoms with Gasteiger partial charge in [-0.15, -0.1) is 0 Å². The zero-order valence-corrected chi connectivity index (χ0v) is 7.58. The molecule has 3 nitrogen and oxygen atoms in total. The maximum absolute atomic E-state index is 9.64. The zero-order valence-electron chi connectivity index (χ0n) is 7.58. The van der Waals surface area contributed by atoms with E-state index in [4.69, 9.17) is 4.74 Å². The summed E-state index contributed by atoms with van der Waals surface area (Å²) in [6.45, 7) is 1.02. The first-order valence-electron chi connectivity index (χ1n) is 4.42. The molecule has 1 heterocycles. The number of nitrogens with one attached hydrogen (secondary N) is 1. The molecule has 70 valence electrons. The molecule has 1 aromatic rings. The summed E-state index contributed by atoms with van der Waals surface area (Å²) in [5.41, 5.74) is 0.885. The Kier molecular flexibility index (Phi) is 2.10. The van der Waals surface area contributed by atoms with E-state index in [9.17, 15) is 5.11 Å². The lowest BCUT2D eigenvalue weighted by Gasteiger charge is -2.29. The highest BCUT2D eigenvalue weighted by atomic mass is 16.5. The van der Waals surface area contributed by atoms with Gasteiger partial charge in [0.1, 0.15) is 11.5 Å². The van der Waals surface area contributed by atoms with Gasteiger partial charge in [-0.2, -0.15) is 0 Å². The van der Waals surface area contributed by atoms with Gasteiger partial charge in [0.25, 0.3) is 0 Å². The lowest BCUT2D eigenvalue weighted by atomic mass is 9.96. The van der Waals surface area contributed by atoms with Gasteiger partial charge in [0.05, 0.1) is 12.7 Å². The summed E-state index contributed by atoms with van der Waals surface area (Å²) in [5, 5.41) is 12.9. The Balaban J connectivity index is 2.39. The number of hydrogen-bond donors (Lipinski definition) is 2. The maximum Gasteiger partial charge on any atom is 0.127 e. The molecule has 0 aliphatic carbocycles. The number of phenols is 1. The molecule has 0 amide bonds. The first-order chi connectivity index (χ1) is 6.33. The second-order valence-electron chi connectivity index (χ2n) is 3.19. The normalized spacial score (nSPS) is 20.8. The molecule has 1 atom stereocenters. The molecule has 2 rings (SSSR count). The number of aromatic hydroxyl groups is 1. The van der Waals surface area contributed by atoms with E-state index in [-0.39, 0.29) is 6.04 Å². The third-order valence-electron chi connectivity index (χ3n) is 2.44. The van der Waals surface area contributed by atoms with Gasteiger partial charge < -0.3 is 15.2 Å². The Labute approximate surface area is 77.3 Å². The van der Waals surface area contributed by atoms with Crippen LogP contribution in [0.2, 0.25) is 0 Å². The maximum atomic E-state index is 9.64. The van der Waals surface area contributed by atoms with Crippen molar-refractivity contribution in [3.8, 4) is 11.5 Å². The topological polar surface area (TPSA) is 41.5 Å². The van der Waals surface area contributed by atoms with E-state index in [0.29, 0.717) is 5.75 Å². The fourth-order valence-corrected chi connectivity index (χ4v) is 1.60. The van der Waals surface area contributed by atoms with Crippen LogP contribution in [0.3, 0.4) is 0 Å². The summed E-state index contributed by atoms with van der Waals surface area (Å²) in [7, 11) is 1.62. The summed E-state index contributed by atoms with van der Waals surface area (Å²) >= 11 is 0. The molecule has 0 unspecified atom stereocenters. The Hall–Kier alpha value is -1.22. The predicted molar refractivity (Wildman–Crippen MR) is 50.0 cm³/mol. The van der Waals surface area contributed by atoms with Crippen LogP contribution in [0, 0.1) is 0 Å². The smallest absolute Gasteiger partial charge is 0.127 e. The molecule has 0 spiro atoms. The van der Waals surface area contributed by atoms with Gasteiger partial charge in [-0.1, -0.05) is 6.07 Å². The van der Waals surface area contributed by atoms with Crippen LogP contribution in [0.4, 0.5) is 0 Å². The number of methoxy groups -OCH3 is 1. The van der Waals surface area contributed by atoms with Gasteiger partial charge in [0.2, 0.25) is 0 Å². The molecule has 1 aromatic carbocycles. The van der Waals surface area contributed by atoms with E-state index in [1.807, 2.05) is 6.07 Å². The summed E-state index contributed by atoms with van der Waals surface area (Å²) in [6, 6.07) is 5.61. The van der Waals surface area contributed by atoms with Crippen LogP contribution in [-0.2, 0) is 0 Å². The Morgan fingerprint density at radius 2 is 2.31 bits per heavy atom. The van der Waals surface area contributed by atoms with E-state index in [0.717, 1.165) is 24.3 Å². The molecule has 1 aliphatic rings. The van der Waals surface area contributed by atoms with Crippen LogP contribution in [0.25, 0.3) is 0 Å². The van der Waals surface area contributed by atoms with Gasteiger partial charge in [0.15, 0.2) is 0 Å². The number of hydrogen-bond acceptors (Lipinski definition) is 3. The van der Waals surface area contributed by atoms with Gasteiger partial charge >= 0.3 is 0 Å². The number of benzene rings is 1. The second kappa shape index (κ2) is 3.26. The average molecular weight is 179 g/mol. The van der Waals surface area contributed by atoms with Gasteiger partial charge in [-0.3, -0.25) is 0 Å². The predicted octanol–water partition coefficient (Wildman–Crippen LogP) is 1.44. The molecule has 1 saturated heterocycles. The van der Waals surface area contributed by atoms with Crippen LogP contribution in [0.5, 0.6) is 11.5 Å². The largest absolute Gasteiger partial charge is 0.507 e. The van der Waals surface area contributed by atoms with Crippen molar-refractivity contribution in [2.45, 2.75) is 12.5 Å². The number of ether oxygens (including phenoxy) is 1. The van der Waals surface area contributed by atoms with E-state index in [1.165, 1.54) is 0 Å². The molecule has 1 aliphatic heterocycles. The van der Waals surface area contributed by atoms with Crippen molar-refractivity contribution in [2.75, 3.05) is 13.7 Å². The van der Waals surface area contributed by atoms with Gasteiger partial charge in [-0.25, -0.2) is 0 Å². The van der Waals surface area contributed by atoms with Crippen LogP contribution in [0.15, 0.2) is 18.2 Å². The Bertz CT molecular complexity index is 308. The Morgan fingerprint density at radius 1 is 1.54 bits per heavy atom. The van der Waals surface area contributed by atoms with E-state index in [2.05, 4.69) is 5.32 Å². The van der Waals surface area contributed by atoms with Crippen molar-refractivity contribution in [2.24, 2.45) is 0 Å². The minimum Gasteiger partial charge on any atom is -0.507 e. The van der Waals surface area contributed by atoms with Crippen LogP contribution >= 0.6 is 0 Å². The van der Waals surface area contributed by atoms with Crippen molar-refractivity contribution in [1.82, 2.24) is 5.32 Å². The van der Waals surface area contributed by atoms with Crippen LogP contribution in [-0.4, -0.2) is 18.8 Å². The molecule has 3 heteroatoms. The van der Waals surface area contributed by atoms with Crippen LogP contribution < -0.4 is 10.1 Å². The highest BCUT2D eigenvalue weighted by molar-refractivity contribution is 5.46. The fraction of sp³-hybridized carbons (Fsp3) is 0.400. The molecule has 13 heavy (non-hydrogen) atoms. The molecule has 1 fully saturated rings. The van der Waals surface area contributed by atoms with Crippen molar-refractivity contribution >= 4 is 0 Å². The standard InChI is InChI=1S/C10H13NO2/c1-13-9-4-2-3-8(12)10(9)7-5-6-11-7/h2-4,7,11-12H,5-6H2,1H3/t7-/m1/s1. The van der Waals surface area contributed by atoms with Crippen molar-refractivity contribution < 1.29 is 9.84 Å². The fourth-order valence-electron chi connectivity index (χ4n) is 1.60. The van der Waals surface area contributed by atoms with Crippen molar-refractivity contribution in [1.29, 1.82) is 0 Å². The van der Waals surface area contributed by atoms with Crippen molar-refractivity contribution in [3.63, 3.8) is 0 Å². The molecule has 0 saturated carbocycles. The Morgan fingerprint density at radius 3 is 2.85 bits per heavy atom. The van der Waals surface area contributed by atoms with Gasteiger partial charge in [-0.05, 0) is 25.1 Å². The summed E-state index contributed by atoms with van der Waals surface area (Å²) in [4.78, 5) is 0. The third-order valence-corrected chi connectivity index (χ3v) is 2.44. The first kappa shape index (κ1) is 8.38. The average Bonchev–Trinajstić information content (AvgIpc) is 2.05.